The molecule has 1 aromatic carbocycles. The molecule has 19 heavy (non-hydrogen) atoms. The molecule has 1 rings (SSSR count). The van der Waals surface area contributed by atoms with E-state index in [9.17, 15) is 13.2 Å². The molecule has 0 aliphatic carbocycles. The Kier molecular flexibility index (Phi) is 6.31. The maximum Gasteiger partial charge on any atom is 0.133 e. The minimum absolute atomic E-state index is 0.0440. The van der Waals surface area contributed by atoms with Gasteiger partial charge in [-0.25, -0.2) is 13.2 Å². The van der Waals surface area contributed by atoms with Crippen LogP contribution in [-0.4, -0.2) is 19.3 Å². The van der Waals surface area contributed by atoms with E-state index in [1.165, 1.54) is 0 Å². The SMILES string of the molecule is CCCNC(COC(C)C)c1c(F)cc(F)cc1F. The lowest BCUT2D eigenvalue weighted by molar-refractivity contribution is 0.0596. The first-order chi connectivity index (χ1) is 8.95. The lowest BCUT2D eigenvalue weighted by Crippen LogP contribution is -2.29. The Morgan fingerprint density at radius 1 is 1.16 bits per heavy atom. The Balaban J connectivity index is 2.95. The molecular formula is C14H20F3NO. The first-order valence-electron chi connectivity index (χ1n) is 6.45. The summed E-state index contributed by atoms with van der Waals surface area (Å²) in [5, 5.41) is 3.01. The van der Waals surface area contributed by atoms with Gasteiger partial charge in [-0.1, -0.05) is 6.92 Å². The van der Waals surface area contributed by atoms with Crippen molar-refractivity contribution < 1.29 is 17.9 Å². The summed E-state index contributed by atoms with van der Waals surface area (Å²) in [7, 11) is 0. The van der Waals surface area contributed by atoms with Gasteiger partial charge in [-0.05, 0) is 26.8 Å². The largest absolute Gasteiger partial charge is 0.377 e. The average Bonchev–Trinajstić information content (AvgIpc) is 2.30. The summed E-state index contributed by atoms with van der Waals surface area (Å²) in [4.78, 5) is 0. The number of hydrogen-bond acceptors (Lipinski definition) is 2. The van der Waals surface area contributed by atoms with E-state index in [2.05, 4.69) is 5.32 Å². The molecule has 2 nitrogen and oxygen atoms in total. The predicted octanol–water partition coefficient (Wildman–Crippen LogP) is 3.57. The highest BCUT2D eigenvalue weighted by Crippen LogP contribution is 2.23. The van der Waals surface area contributed by atoms with Gasteiger partial charge >= 0.3 is 0 Å². The first kappa shape index (κ1) is 16.0. The van der Waals surface area contributed by atoms with Gasteiger partial charge in [0.25, 0.3) is 0 Å². The third-order valence-corrected chi connectivity index (χ3v) is 2.63. The van der Waals surface area contributed by atoms with Gasteiger partial charge in [0.1, 0.15) is 17.5 Å². The van der Waals surface area contributed by atoms with Gasteiger partial charge in [0.15, 0.2) is 0 Å². The zero-order valence-corrected chi connectivity index (χ0v) is 11.5. The minimum Gasteiger partial charge on any atom is -0.377 e. The van der Waals surface area contributed by atoms with Gasteiger partial charge in [0, 0.05) is 17.7 Å². The van der Waals surface area contributed by atoms with Gasteiger partial charge in [0.05, 0.1) is 18.8 Å². The quantitative estimate of drug-likeness (QED) is 0.821. The van der Waals surface area contributed by atoms with Crippen molar-refractivity contribution in [1.82, 2.24) is 5.32 Å². The average molecular weight is 275 g/mol. The standard InChI is InChI=1S/C14H20F3NO/c1-4-5-18-13(8-19-9(2)3)14-11(16)6-10(15)7-12(14)17/h6-7,9,13,18H,4-5,8H2,1-3H3. The van der Waals surface area contributed by atoms with Crippen molar-refractivity contribution in [3.8, 4) is 0 Å². The van der Waals surface area contributed by atoms with Crippen LogP contribution in [0.2, 0.25) is 0 Å². The van der Waals surface area contributed by atoms with E-state index >= 15 is 0 Å². The predicted molar refractivity (Wildman–Crippen MR) is 68.4 cm³/mol. The van der Waals surface area contributed by atoms with E-state index in [0.717, 1.165) is 6.42 Å². The van der Waals surface area contributed by atoms with E-state index in [0.29, 0.717) is 18.7 Å². The smallest absolute Gasteiger partial charge is 0.133 e. The summed E-state index contributed by atoms with van der Waals surface area (Å²) in [6.07, 6.45) is 0.778. The highest BCUT2D eigenvalue weighted by molar-refractivity contribution is 5.24. The van der Waals surface area contributed by atoms with E-state index in [-0.39, 0.29) is 18.3 Å². The Morgan fingerprint density at radius 3 is 2.21 bits per heavy atom. The van der Waals surface area contributed by atoms with E-state index in [1.807, 2.05) is 20.8 Å². The monoisotopic (exact) mass is 275 g/mol. The number of benzene rings is 1. The molecule has 0 aliphatic rings. The molecule has 0 aliphatic heterocycles. The third-order valence-electron chi connectivity index (χ3n) is 2.63. The molecule has 0 spiro atoms. The molecule has 1 N–H and O–H groups in total. The van der Waals surface area contributed by atoms with Gasteiger partial charge in [-0.2, -0.15) is 0 Å². The minimum atomic E-state index is -0.919. The number of rotatable bonds is 7. The number of hydrogen-bond donors (Lipinski definition) is 1. The van der Waals surface area contributed by atoms with Gasteiger partial charge in [0.2, 0.25) is 0 Å². The van der Waals surface area contributed by atoms with Crippen LogP contribution in [0.3, 0.4) is 0 Å². The summed E-state index contributed by atoms with van der Waals surface area (Å²) in [5.41, 5.74) is -0.171. The Labute approximate surface area is 112 Å². The van der Waals surface area contributed by atoms with Crippen LogP contribution in [0.4, 0.5) is 13.2 Å². The highest BCUT2D eigenvalue weighted by atomic mass is 19.1. The van der Waals surface area contributed by atoms with Crippen LogP contribution in [0.25, 0.3) is 0 Å². The van der Waals surface area contributed by atoms with Crippen LogP contribution in [0.1, 0.15) is 38.8 Å². The molecule has 0 fully saturated rings. The first-order valence-corrected chi connectivity index (χ1v) is 6.45. The highest BCUT2D eigenvalue weighted by Gasteiger charge is 2.21. The summed E-state index contributed by atoms with van der Waals surface area (Å²) in [5.74, 6) is -2.70. The maximum atomic E-state index is 13.7. The van der Waals surface area contributed by atoms with Crippen molar-refractivity contribution in [2.24, 2.45) is 0 Å². The molecule has 108 valence electrons. The number of halogens is 3. The van der Waals surface area contributed by atoms with Crippen molar-refractivity contribution in [2.75, 3.05) is 13.2 Å². The van der Waals surface area contributed by atoms with Crippen molar-refractivity contribution in [1.29, 1.82) is 0 Å². The Hall–Kier alpha value is -1.07. The lowest BCUT2D eigenvalue weighted by atomic mass is 10.1. The molecule has 0 bridgehead atoms. The number of nitrogens with one attached hydrogen (secondary N) is 1. The molecule has 5 heteroatoms. The second-order valence-corrected chi connectivity index (χ2v) is 4.67. The Morgan fingerprint density at radius 2 is 1.74 bits per heavy atom. The normalized spacial score (nSPS) is 13.0. The summed E-state index contributed by atoms with van der Waals surface area (Å²) >= 11 is 0. The molecule has 0 saturated carbocycles. The third kappa shape index (κ3) is 4.84. The molecular weight excluding hydrogens is 255 g/mol. The molecule has 0 saturated heterocycles. The topological polar surface area (TPSA) is 21.3 Å². The Bertz CT molecular complexity index is 387. The van der Waals surface area contributed by atoms with Crippen LogP contribution in [0, 0.1) is 17.5 Å². The van der Waals surface area contributed by atoms with Crippen LogP contribution in [0.5, 0.6) is 0 Å². The van der Waals surface area contributed by atoms with Crippen LogP contribution < -0.4 is 5.32 Å². The number of ether oxygens (including phenoxy) is 1. The van der Waals surface area contributed by atoms with Crippen LogP contribution in [0.15, 0.2) is 12.1 Å². The second kappa shape index (κ2) is 7.50. The fraction of sp³-hybridized carbons (Fsp3) is 0.571. The summed E-state index contributed by atoms with van der Waals surface area (Å²) < 4.78 is 45.8. The molecule has 0 radical (unpaired) electrons. The van der Waals surface area contributed by atoms with Crippen molar-refractivity contribution in [3.63, 3.8) is 0 Å². The van der Waals surface area contributed by atoms with Crippen molar-refractivity contribution in [2.45, 2.75) is 39.3 Å². The molecule has 1 unspecified atom stereocenters. The molecule has 0 amide bonds. The fourth-order valence-corrected chi connectivity index (χ4v) is 1.74. The zero-order chi connectivity index (χ0) is 14.4. The van der Waals surface area contributed by atoms with E-state index < -0.39 is 23.5 Å². The second-order valence-electron chi connectivity index (χ2n) is 4.67. The molecule has 0 heterocycles. The van der Waals surface area contributed by atoms with Gasteiger partial charge in [-0.15, -0.1) is 0 Å². The molecule has 1 atom stereocenters. The molecule has 0 aromatic heterocycles. The maximum absolute atomic E-state index is 13.7. The summed E-state index contributed by atoms with van der Waals surface area (Å²) in [6.45, 7) is 6.37. The van der Waals surface area contributed by atoms with Gasteiger partial charge in [-0.3, -0.25) is 0 Å². The van der Waals surface area contributed by atoms with Crippen molar-refractivity contribution in [3.05, 3.63) is 35.1 Å². The van der Waals surface area contributed by atoms with Crippen LogP contribution >= 0.6 is 0 Å². The summed E-state index contributed by atoms with van der Waals surface area (Å²) in [6, 6.07) is 0.756. The van der Waals surface area contributed by atoms with Crippen molar-refractivity contribution >= 4 is 0 Å². The zero-order valence-electron chi connectivity index (χ0n) is 11.5. The lowest BCUT2D eigenvalue weighted by Gasteiger charge is -2.21. The molecule has 1 aromatic rings. The van der Waals surface area contributed by atoms with Gasteiger partial charge < -0.3 is 10.1 Å². The van der Waals surface area contributed by atoms with E-state index in [4.69, 9.17) is 4.74 Å². The van der Waals surface area contributed by atoms with E-state index in [1.54, 1.807) is 0 Å². The van der Waals surface area contributed by atoms with Crippen LogP contribution in [-0.2, 0) is 4.74 Å². The fourth-order valence-electron chi connectivity index (χ4n) is 1.74.